The highest BCUT2D eigenvalue weighted by atomic mass is 16.5. The lowest BCUT2D eigenvalue weighted by molar-refractivity contribution is -0.140. The molecule has 0 radical (unpaired) electrons. The summed E-state index contributed by atoms with van der Waals surface area (Å²) < 4.78 is 5.81. The van der Waals surface area contributed by atoms with E-state index in [0.717, 1.165) is 29.8 Å². The molecule has 0 bridgehead atoms. The molecular formula is C29H38N2O4. The molecule has 35 heavy (non-hydrogen) atoms. The summed E-state index contributed by atoms with van der Waals surface area (Å²) in [5, 5.41) is 11.4. The van der Waals surface area contributed by atoms with E-state index in [9.17, 15) is 14.7 Å². The molecule has 1 amide bonds. The van der Waals surface area contributed by atoms with Gasteiger partial charge in [-0.1, -0.05) is 57.5 Å². The fourth-order valence-electron chi connectivity index (χ4n) is 4.39. The van der Waals surface area contributed by atoms with Crippen LogP contribution in [0.25, 0.3) is 5.76 Å². The van der Waals surface area contributed by atoms with Crippen LogP contribution in [-0.2, 0) is 9.59 Å². The first-order chi connectivity index (χ1) is 16.7. The van der Waals surface area contributed by atoms with Gasteiger partial charge in [-0.2, -0.15) is 0 Å². The van der Waals surface area contributed by atoms with Gasteiger partial charge >= 0.3 is 0 Å². The van der Waals surface area contributed by atoms with Crippen molar-refractivity contribution >= 4 is 17.4 Å². The highest BCUT2D eigenvalue weighted by molar-refractivity contribution is 6.46. The zero-order chi connectivity index (χ0) is 25.7. The number of aryl methyl sites for hydroxylation is 2. The number of rotatable bonds is 10. The highest BCUT2D eigenvalue weighted by Crippen LogP contribution is 2.40. The van der Waals surface area contributed by atoms with Crippen molar-refractivity contribution < 1.29 is 19.4 Å². The summed E-state index contributed by atoms with van der Waals surface area (Å²) in [7, 11) is 0. The number of ether oxygens (including phenoxy) is 1. The maximum atomic E-state index is 13.3. The van der Waals surface area contributed by atoms with E-state index in [0.29, 0.717) is 36.9 Å². The maximum absolute atomic E-state index is 13.3. The molecule has 3 rings (SSSR count). The molecular weight excluding hydrogens is 440 g/mol. The minimum absolute atomic E-state index is 0.136. The second kappa shape index (κ2) is 11.5. The van der Waals surface area contributed by atoms with E-state index in [4.69, 9.17) is 4.74 Å². The minimum Gasteiger partial charge on any atom is -0.507 e. The number of nitrogens with zero attached hydrogens (tertiary/aromatic N) is 2. The van der Waals surface area contributed by atoms with Gasteiger partial charge in [-0.15, -0.1) is 0 Å². The Morgan fingerprint density at radius 2 is 1.71 bits per heavy atom. The van der Waals surface area contributed by atoms with Gasteiger partial charge in [0.05, 0.1) is 18.2 Å². The van der Waals surface area contributed by atoms with Gasteiger partial charge in [-0.05, 0) is 62.2 Å². The summed E-state index contributed by atoms with van der Waals surface area (Å²) in [4.78, 5) is 30.3. The summed E-state index contributed by atoms with van der Waals surface area (Å²) in [6.45, 7) is 15.6. The predicted molar refractivity (Wildman–Crippen MR) is 139 cm³/mol. The Labute approximate surface area is 209 Å². The normalized spacial score (nSPS) is 17.6. The van der Waals surface area contributed by atoms with Crippen molar-refractivity contribution in [1.82, 2.24) is 9.80 Å². The van der Waals surface area contributed by atoms with Crippen LogP contribution in [0.5, 0.6) is 5.75 Å². The number of Topliss-reactive ketones (excluding diaryl/α,β-unsaturated/α-hetero) is 1. The molecule has 0 spiro atoms. The minimum atomic E-state index is -0.646. The lowest BCUT2D eigenvalue weighted by Gasteiger charge is -2.28. The van der Waals surface area contributed by atoms with Crippen LogP contribution in [0.1, 0.15) is 56.0 Å². The third-order valence-corrected chi connectivity index (χ3v) is 6.52. The van der Waals surface area contributed by atoms with E-state index >= 15 is 0 Å². The molecule has 0 aliphatic carbocycles. The van der Waals surface area contributed by atoms with Gasteiger partial charge < -0.3 is 19.6 Å². The topological polar surface area (TPSA) is 70.1 Å². The van der Waals surface area contributed by atoms with Crippen LogP contribution in [0.4, 0.5) is 0 Å². The van der Waals surface area contributed by atoms with Crippen LogP contribution in [0.15, 0.2) is 48.0 Å². The largest absolute Gasteiger partial charge is 0.507 e. The molecule has 1 fully saturated rings. The molecule has 0 saturated carbocycles. The summed E-state index contributed by atoms with van der Waals surface area (Å²) in [6.07, 6.45) is 0. The van der Waals surface area contributed by atoms with E-state index in [1.54, 1.807) is 17.0 Å². The molecule has 2 aromatic carbocycles. The smallest absolute Gasteiger partial charge is 0.295 e. The lowest BCUT2D eigenvalue weighted by Crippen LogP contribution is -2.38. The molecule has 1 atom stereocenters. The number of carbonyl (C=O) groups excluding carboxylic acids is 2. The van der Waals surface area contributed by atoms with Crippen LogP contribution >= 0.6 is 0 Å². The number of likely N-dealkylation sites (tertiary alicyclic amines) is 1. The number of aliphatic hydroxyl groups excluding tert-OH is 1. The van der Waals surface area contributed by atoms with Crippen molar-refractivity contribution in [2.75, 3.05) is 32.8 Å². The highest BCUT2D eigenvalue weighted by Gasteiger charge is 2.46. The van der Waals surface area contributed by atoms with Gasteiger partial charge in [0, 0.05) is 18.7 Å². The molecule has 188 valence electrons. The van der Waals surface area contributed by atoms with Crippen LogP contribution in [-0.4, -0.2) is 59.4 Å². The first kappa shape index (κ1) is 26.5. The standard InChI is InChI=1S/C29H38N2O4/c1-7-30(8-2)15-16-31-26(22-11-9-20(5)10-12-22)25(28(33)29(31)34)27(32)24-14-13-23(17-21(24)6)35-18-19(3)4/h9-14,17,19,26,32H,7-8,15-16,18H2,1-6H3/b27-25+. The van der Waals surface area contributed by atoms with Gasteiger partial charge in [0.15, 0.2) is 0 Å². The average molecular weight is 479 g/mol. The fourth-order valence-corrected chi connectivity index (χ4v) is 4.39. The van der Waals surface area contributed by atoms with Crippen molar-refractivity contribution in [3.63, 3.8) is 0 Å². The van der Waals surface area contributed by atoms with Crippen LogP contribution in [0.3, 0.4) is 0 Å². The van der Waals surface area contributed by atoms with E-state index in [-0.39, 0.29) is 11.3 Å². The van der Waals surface area contributed by atoms with Gasteiger partial charge in [-0.3, -0.25) is 9.59 Å². The number of carbonyl (C=O) groups is 2. The number of aliphatic hydroxyl groups is 1. The number of benzene rings is 2. The van der Waals surface area contributed by atoms with E-state index < -0.39 is 17.7 Å². The number of hydrogen-bond donors (Lipinski definition) is 1. The third kappa shape index (κ3) is 5.93. The van der Waals surface area contributed by atoms with E-state index in [1.807, 2.05) is 44.2 Å². The van der Waals surface area contributed by atoms with Gasteiger partial charge in [0.25, 0.3) is 11.7 Å². The first-order valence-corrected chi connectivity index (χ1v) is 12.5. The lowest BCUT2D eigenvalue weighted by atomic mass is 9.93. The average Bonchev–Trinajstić information content (AvgIpc) is 3.08. The Morgan fingerprint density at radius 3 is 2.29 bits per heavy atom. The summed E-state index contributed by atoms with van der Waals surface area (Å²) in [5.74, 6) is -0.258. The Kier molecular flexibility index (Phi) is 8.73. The molecule has 2 aromatic rings. The van der Waals surface area contributed by atoms with Crippen LogP contribution in [0, 0.1) is 19.8 Å². The Hall–Kier alpha value is -3.12. The fraction of sp³-hybridized carbons (Fsp3) is 0.448. The van der Waals surface area contributed by atoms with Crippen molar-refractivity contribution in [1.29, 1.82) is 0 Å². The molecule has 6 heteroatoms. The zero-order valence-corrected chi connectivity index (χ0v) is 21.8. The maximum Gasteiger partial charge on any atom is 0.295 e. The quantitative estimate of drug-likeness (QED) is 0.292. The van der Waals surface area contributed by atoms with Gasteiger partial charge in [-0.25, -0.2) is 0 Å². The first-order valence-electron chi connectivity index (χ1n) is 12.5. The Balaban J connectivity index is 2.05. The number of amides is 1. The van der Waals surface area contributed by atoms with Crippen molar-refractivity contribution in [2.45, 2.75) is 47.6 Å². The molecule has 1 aliphatic rings. The Bertz CT molecular complexity index is 1080. The molecule has 1 saturated heterocycles. The van der Waals surface area contributed by atoms with Crippen LogP contribution in [0.2, 0.25) is 0 Å². The SMILES string of the molecule is CCN(CC)CCN1C(=O)C(=O)/C(=C(/O)c2ccc(OCC(C)C)cc2C)C1c1ccc(C)cc1. The van der Waals surface area contributed by atoms with Crippen molar-refractivity contribution in [3.05, 3.63) is 70.3 Å². The van der Waals surface area contributed by atoms with Gasteiger partial charge in [0.1, 0.15) is 11.5 Å². The Morgan fingerprint density at radius 1 is 1.06 bits per heavy atom. The second-order valence-corrected chi connectivity index (χ2v) is 9.61. The summed E-state index contributed by atoms with van der Waals surface area (Å²) >= 11 is 0. The zero-order valence-electron chi connectivity index (χ0n) is 21.8. The van der Waals surface area contributed by atoms with E-state index in [2.05, 4.69) is 32.6 Å². The predicted octanol–water partition coefficient (Wildman–Crippen LogP) is 5.10. The molecule has 1 unspecified atom stereocenters. The number of likely N-dealkylation sites (N-methyl/N-ethyl adjacent to an activating group) is 1. The number of ketones is 1. The molecule has 1 aliphatic heterocycles. The van der Waals surface area contributed by atoms with Gasteiger partial charge in [0.2, 0.25) is 0 Å². The molecule has 0 aromatic heterocycles. The number of hydrogen-bond acceptors (Lipinski definition) is 5. The monoisotopic (exact) mass is 478 g/mol. The van der Waals surface area contributed by atoms with Crippen molar-refractivity contribution in [3.8, 4) is 5.75 Å². The van der Waals surface area contributed by atoms with E-state index in [1.165, 1.54) is 0 Å². The van der Waals surface area contributed by atoms with Crippen LogP contribution < -0.4 is 4.74 Å². The molecule has 6 nitrogen and oxygen atoms in total. The summed E-state index contributed by atoms with van der Waals surface area (Å²) in [6, 6.07) is 12.6. The molecule has 1 N–H and O–H groups in total. The third-order valence-electron chi connectivity index (χ3n) is 6.52. The van der Waals surface area contributed by atoms with Crippen molar-refractivity contribution in [2.24, 2.45) is 5.92 Å². The molecule has 1 heterocycles. The second-order valence-electron chi connectivity index (χ2n) is 9.61. The summed E-state index contributed by atoms with van der Waals surface area (Å²) in [5.41, 5.74) is 3.34.